The van der Waals surface area contributed by atoms with Crippen LogP contribution < -0.4 is 4.72 Å². The summed E-state index contributed by atoms with van der Waals surface area (Å²) in [6, 6.07) is -0.414. The number of hydrogen-bond acceptors (Lipinski definition) is 5. The second kappa shape index (κ2) is 4.94. The van der Waals surface area contributed by atoms with Crippen molar-refractivity contribution in [1.82, 2.24) is 9.88 Å². The number of aliphatic hydroxyl groups excluding tert-OH is 1. The minimum absolute atomic E-state index is 0.305. The number of aryl methyl sites for hydroxylation is 2. The first kappa shape index (κ1) is 13.1. The molecular weight excluding hydrogens is 232 g/mol. The zero-order chi connectivity index (χ0) is 12.3. The van der Waals surface area contributed by atoms with Crippen molar-refractivity contribution < 1.29 is 18.0 Å². The molecule has 1 aromatic rings. The van der Waals surface area contributed by atoms with E-state index in [1.807, 2.05) is 0 Å². The minimum atomic E-state index is -3.46. The standard InChI is InChI=1S/C9H16N2O4S/c1-6-9(8(3)15-10-6)7(2)11-16(13,14)5-4-12/h7,11-12H,4-5H2,1-3H3. The number of nitrogens with zero attached hydrogens (tertiary/aromatic N) is 1. The first-order valence-electron chi connectivity index (χ1n) is 4.91. The van der Waals surface area contributed by atoms with Crippen LogP contribution in [-0.4, -0.2) is 31.0 Å². The lowest BCUT2D eigenvalue weighted by atomic mass is 10.1. The normalized spacial score (nSPS) is 14.0. The van der Waals surface area contributed by atoms with Crippen LogP contribution in [0.2, 0.25) is 0 Å². The van der Waals surface area contributed by atoms with E-state index < -0.39 is 22.7 Å². The average Bonchev–Trinajstić information content (AvgIpc) is 2.44. The lowest BCUT2D eigenvalue weighted by Gasteiger charge is -2.13. The third kappa shape index (κ3) is 3.03. The summed E-state index contributed by atoms with van der Waals surface area (Å²) in [7, 11) is -3.46. The molecule has 92 valence electrons. The highest BCUT2D eigenvalue weighted by atomic mass is 32.2. The summed E-state index contributed by atoms with van der Waals surface area (Å²) in [4.78, 5) is 0. The van der Waals surface area contributed by atoms with Gasteiger partial charge in [-0.05, 0) is 20.8 Å². The van der Waals surface area contributed by atoms with Gasteiger partial charge in [-0.3, -0.25) is 0 Å². The first-order valence-corrected chi connectivity index (χ1v) is 6.56. The highest BCUT2D eigenvalue weighted by Gasteiger charge is 2.21. The molecule has 0 amide bonds. The summed E-state index contributed by atoms with van der Waals surface area (Å²) >= 11 is 0. The maximum Gasteiger partial charge on any atom is 0.214 e. The van der Waals surface area contributed by atoms with Crippen LogP contribution in [0, 0.1) is 13.8 Å². The highest BCUT2D eigenvalue weighted by molar-refractivity contribution is 7.89. The smallest absolute Gasteiger partial charge is 0.214 e. The summed E-state index contributed by atoms with van der Waals surface area (Å²) in [6.07, 6.45) is 0. The molecule has 1 rings (SSSR count). The molecule has 0 saturated heterocycles. The van der Waals surface area contributed by atoms with Crippen LogP contribution in [0.25, 0.3) is 0 Å². The van der Waals surface area contributed by atoms with E-state index in [2.05, 4.69) is 9.88 Å². The molecule has 0 aliphatic heterocycles. The Morgan fingerprint density at radius 2 is 2.12 bits per heavy atom. The first-order chi connectivity index (χ1) is 7.37. The van der Waals surface area contributed by atoms with E-state index in [1.165, 1.54) is 0 Å². The molecule has 1 heterocycles. The predicted molar refractivity (Wildman–Crippen MR) is 58.4 cm³/mol. The summed E-state index contributed by atoms with van der Waals surface area (Å²) < 4.78 is 30.3. The molecule has 0 aromatic carbocycles. The van der Waals surface area contributed by atoms with Gasteiger partial charge in [-0.1, -0.05) is 5.16 Å². The molecule has 0 bridgehead atoms. The van der Waals surface area contributed by atoms with Gasteiger partial charge in [0.05, 0.1) is 18.1 Å². The minimum Gasteiger partial charge on any atom is -0.395 e. The molecule has 0 spiro atoms. The number of sulfonamides is 1. The largest absolute Gasteiger partial charge is 0.395 e. The third-order valence-corrected chi connectivity index (χ3v) is 3.67. The molecule has 16 heavy (non-hydrogen) atoms. The summed E-state index contributed by atoms with van der Waals surface area (Å²) in [5.74, 6) is 0.289. The summed E-state index contributed by atoms with van der Waals surface area (Å²) in [5.41, 5.74) is 1.40. The second-order valence-corrected chi connectivity index (χ2v) is 5.49. The number of aliphatic hydroxyl groups is 1. The van der Waals surface area contributed by atoms with Crippen LogP contribution in [0.15, 0.2) is 4.52 Å². The van der Waals surface area contributed by atoms with E-state index in [-0.39, 0.29) is 5.75 Å². The molecule has 0 aliphatic rings. The van der Waals surface area contributed by atoms with Gasteiger partial charge in [0, 0.05) is 11.6 Å². The monoisotopic (exact) mass is 248 g/mol. The molecular formula is C9H16N2O4S. The van der Waals surface area contributed by atoms with Gasteiger partial charge in [-0.2, -0.15) is 0 Å². The Balaban J connectivity index is 2.84. The average molecular weight is 248 g/mol. The predicted octanol–water partition coefficient (Wildman–Crippen LogP) is 0.264. The van der Waals surface area contributed by atoms with Crippen molar-refractivity contribution in [3.05, 3.63) is 17.0 Å². The topological polar surface area (TPSA) is 92.4 Å². The Kier molecular flexibility index (Phi) is 4.06. The molecule has 1 aromatic heterocycles. The van der Waals surface area contributed by atoms with E-state index in [0.717, 1.165) is 5.56 Å². The van der Waals surface area contributed by atoms with Gasteiger partial charge in [0.2, 0.25) is 10.0 Å². The summed E-state index contributed by atoms with van der Waals surface area (Å²) in [5, 5.41) is 12.4. The highest BCUT2D eigenvalue weighted by Crippen LogP contribution is 2.21. The van der Waals surface area contributed by atoms with Gasteiger partial charge in [0.15, 0.2) is 0 Å². The fraction of sp³-hybridized carbons (Fsp3) is 0.667. The number of nitrogens with one attached hydrogen (secondary N) is 1. The number of rotatable bonds is 5. The third-order valence-electron chi connectivity index (χ3n) is 2.24. The molecule has 2 N–H and O–H groups in total. The SMILES string of the molecule is Cc1noc(C)c1C(C)NS(=O)(=O)CCO. The van der Waals surface area contributed by atoms with E-state index >= 15 is 0 Å². The summed E-state index contributed by atoms with van der Waals surface area (Å²) in [6.45, 7) is 4.79. The van der Waals surface area contributed by atoms with Gasteiger partial charge < -0.3 is 9.63 Å². The second-order valence-electron chi connectivity index (χ2n) is 3.62. The van der Waals surface area contributed by atoms with E-state index in [4.69, 9.17) is 9.63 Å². The molecule has 7 heteroatoms. The van der Waals surface area contributed by atoms with Crippen LogP contribution >= 0.6 is 0 Å². The Hall–Kier alpha value is -0.920. The van der Waals surface area contributed by atoms with Crippen LogP contribution in [0.4, 0.5) is 0 Å². The molecule has 0 saturated carbocycles. The Morgan fingerprint density at radius 3 is 2.56 bits per heavy atom. The van der Waals surface area contributed by atoms with E-state index in [9.17, 15) is 8.42 Å². The van der Waals surface area contributed by atoms with Crippen LogP contribution in [-0.2, 0) is 10.0 Å². The molecule has 6 nitrogen and oxygen atoms in total. The lowest BCUT2D eigenvalue weighted by Crippen LogP contribution is -2.30. The van der Waals surface area contributed by atoms with Crippen molar-refractivity contribution in [2.45, 2.75) is 26.8 Å². The van der Waals surface area contributed by atoms with Gasteiger partial charge in [-0.15, -0.1) is 0 Å². The van der Waals surface area contributed by atoms with Crippen molar-refractivity contribution >= 4 is 10.0 Å². The fourth-order valence-electron chi connectivity index (χ4n) is 1.62. The van der Waals surface area contributed by atoms with Crippen LogP contribution in [0.1, 0.15) is 30.0 Å². The lowest BCUT2D eigenvalue weighted by molar-refractivity contribution is 0.319. The van der Waals surface area contributed by atoms with Crippen LogP contribution in [0.5, 0.6) is 0 Å². The number of hydrogen-bond donors (Lipinski definition) is 2. The van der Waals surface area contributed by atoms with Crippen LogP contribution in [0.3, 0.4) is 0 Å². The van der Waals surface area contributed by atoms with Gasteiger partial charge >= 0.3 is 0 Å². The van der Waals surface area contributed by atoms with Crippen molar-refractivity contribution in [3.63, 3.8) is 0 Å². The van der Waals surface area contributed by atoms with E-state index in [1.54, 1.807) is 20.8 Å². The Bertz CT molecular complexity index is 433. The maximum atomic E-state index is 11.4. The molecule has 0 radical (unpaired) electrons. The zero-order valence-corrected chi connectivity index (χ0v) is 10.3. The quantitative estimate of drug-likeness (QED) is 0.780. The Morgan fingerprint density at radius 1 is 1.50 bits per heavy atom. The molecule has 0 aliphatic carbocycles. The van der Waals surface area contributed by atoms with Crippen molar-refractivity contribution in [2.75, 3.05) is 12.4 Å². The maximum absolute atomic E-state index is 11.4. The van der Waals surface area contributed by atoms with E-state index in [0.29, 0.717) is 11.5 Å². The molecule has 1 unspecified atom stereocenters. The van der Waals surface area contributed by atoms with Crippen molar-refractivity contribution in [3.8, 4) is 0 Å². The zero-order valence-electron chi connectivity index (χ0n) is 9.52. The molecule has 0 fully saturated rings. The molecule has 1 atom stereocenters. The van der Waals surface area contributed by atoms with Gasteiger partial charge in [-0.25, -0.2) is 13.1 Å². The van der Waals surface area contributed by atoms with Crippen molar-refractivity contribution in [1.29, 1.82) is 0 Å². The van der Waals surface area contributed by atoms with Gasteiger partial charge in [0.1, 0.15) is 5.76 Å². The fourth-order valence-corrected chi connectivity index (χ4v) is 2.63. The Labute approximate surface area is 94.7 Å². The van der Waals surface area contributed by atoms with Gasteiger partial charge in [0.25, 0.3) is 0 Å². The number of aromatic nitrogens is 1. The van der Waals surface area contributed by atoms with Crippen molar-refractivity contribution in [2.24, 2.45) is 0 Å².